The van der Waals surface area contributed by atoms with E-state index in [1.165, 1.54) is 0 Å². The molecule has 1 aliphatic carbocycles. The van der Waals surface area contributed by atoms with Gasteiger partial charge in [0.2, 0.25) is 0 Å². The number of hydrogen-bond acceptors (Lipinski definition) is 3. The molecule has 1 aromatic rings. The van der Waals surface area contributed by atoms with Crippen molar-refractivity contribution in [1.29, 1.82) is 0 Å². The van der Waals surface area contributed by atoms with E-state index in [0.29, 0.717) is 5.75 Å². The number of aliphatic hydroxyl groups is 1. The van der Waals surface area contributed by atoms with Crippen LogP contribution in [0.2, 0.25) is 0 Å². The summed E-state index contributed by atoms with van der Waals surface area (Å²) in [5.41, 5.74) is 1.44. The van der Waals surface area contributed by atoms with E-state index in [1.807, 2.05) is 32.9 Å². The fourth-order valence-corrected chi connectivity index (χ4v) is 2.62. The third-order valence-electron chi connectivity index (χ3n) is 4.74. The Balaban J connectivity index is 0.00000151. The van der Waals surface area contributed by atoms with Crippen LogP contribution in [0.3, 0.4) is 0 Å². The van der Waals surface area contributed by atoms with Gasteiger partial charge in [-0.05, 0) is 55.0 Å². The molecule has 0 bridgehead atoms. The molecule has 1 aromatic carbocycles. The molecule has 1 fully saturated rings. The summed E-state index contributed by atoms with van der Waals surface area (Å²) < 4.78 is 5.51. The summed E-state index contributed by atoms with van der Waals surface area (Å²) in [6.07, 6.45) is 5.97. The molecule has 3 nitrogen and oxygen atoms in total. The van der Waals surface area contributed by atoms with Gasteiger partial charge in [0.15, 0.2) is 0 Å². The van der Waals surface area contributed by atoms with Crippen LogP contribution in [0.15, 0.2) is 54.8 Å². The fourth-order valence-electron chi connectivity index (χ4n) is 2.62. The first-order valence-electron chi connectivity index (χ1n) is 8.72. The molecule has 0 radical (unpaired) electrons. The second-order valence-corrected chi connectivity index (χ2v) is 6.94. The summed E-state index contributed by atoms with van der Waals surface area (Å²) in [6.45, 7) is 15.5. The Morgan fingerprint density at radius 2 is 1.68 bits per heavy atom. The van der Waals surface area contributed by atoms with Crippen LogP contribution in [0.4, 0.5) is 0 Å². The minimum Gasteiger partial charge on any atom is -0.513 e. The first-order chi connectivity index (χ1) is 11.7. The Morgan fingerprint density at radius 1 is 1.16 bits per heavy atom. The summed E-state index contributed by atoms with van der Waals surface area (Å²) in [7, 11) is 0. The summed E-state index contributed by atoms with van der Waals surface area (Å²) in [5, 5.41) is 9.24. The topological polar surface area (TPSA) is 46.5 Å². The molecule has 3 heteroatoms. The third-order valence-corrected chi connectivity index (χ3v) is 4.74. The quantitative estimate of drug-likeness (QED) is 0.305. The van der Waals surface area contributed by atoms with E-state index in [4.69, 9.17) is 4.74 Å². The Labute approximate surface area is 151 Å². The highest BCUT2D eigenvalue weighted by molar-refractivity contribution is 5.83. The van der Waals surface area contributed by atoms with Crippen LogP contribution in [-0.2, 0) is 4.79 Å². The maximum atomic E-state index is 12.3. The molecule has 0 amide bonds. The second kappa shape index (κ2) is 8.19. The van der Waals surface area contributed by atoms with Crippen molar-refractivity contribution in [2.75, 3.05) is 0 Å². The van der Waals surface area contributed by atoms with Gasteiger partial charge < -0.3 is 9.84 Å². The van der Waals surface area contributed by atoms with E-state index < -0.39 is 0 Å². The smallest absolute Gasteiger partial charge is 0.317 e. The number of carbonyl (C=O) groups is 1. The minimum absolute atomic E-state index is 0.0112. The molecule has 0 aliphatic heterocycles. The van der Waals surface area contributed by atoms with E-state index in [1.54, 1.807) is 37.3 Å². The molecule has 2 rings (SSSR count). The van der Waals surface area contributed by atoms with Crippen LogP contribution in [0.25, 0.3) is 5.57 Å². The van der Waals surface area contributed by atoms with Crippen molar-refractivity contribution in [3.8, 4) is 5.75 Å². The predicted octanol–water partition coefficient (Wildman–Crippen LogP) is 6.09. The van der Waals surface area contributed by atoms with Gasteiger partial charge in [-0.1, -0.05) is 58.6 Å². The average Bonchev–Trinajstić information content (AvgIpc) is 3.11. The third kappa shape index (κ3) is 4.85. The Kier molecular flexibility index (Phi) is 6.80. The molecular formula is C22H30O3. The van der Waals surface area contributed by atoms with Gasteiger partial charge in [-0.25, -0.2) is 0 Å². The van der Waals surface area contributed by atoms with Crippen molar-refractivity contribution in [2.24, 2.45) is 10.8 Å². The lowest BCUT2D eigenvalue weighted by Gasteiger charge is -2.14. The molecule has 0 saturated heterocycles. The number of rotatable bonds is 5. The normalized spacial score (nSPS) is 21.7. The standard InChI is InChI=1S/C20H24O3.C2H6/c1-6-15(8-7-14(2)21)16-9-11-17(12-10-16)23-18(22)20(5)13-19(20,3)4;1-2/h6-12,21H,1,13H2,2-5H3;1-2H3/b14-7+,15-8+;. The van der Waals surface area contributed by atoms with Gasteiger partial charge in [0.1, 0.15) is 5.75 Å². The van der Waals surface area contributed by atoms with Gasteiger partial charge >= 0.3 is 5.97 Å². The Hall–Kier alpha value is -2.29. The molecule has 1 atom stereocenters. The molecular weight excluding hydrogens is 312 g/mol. The lowest BCUT2D eigenvalue weighted by molar-refractivity contribution is -0.141. The maximum absolute atomic E-state index is 12.3. The van der Waals surface area contributed by atoms with Gasteiger partial charge in [0.25, 0.3) is 0 Å². The minimum atomic E-state index is -0.388. The van der Waals surface area contributed by atoms with Crippen LogP contribution in [0.1, 0.15) is 53.5 Å². The van der Waals surface area contributed by atoms with Crippen molar-refractivity contribution in [2.45, 2.75) is 48.0 Å². The van der Waals surface area contributed by atoms with E-state index in [2.05, 4.69) is 20.4 Å². The van der Waals surface area contributed by atoms with Crippen LogP contribution < -0.4 is 4.74 Å². The first-order valence-corrected chi connectivity index (χ1v) is 8.72. The van der Waals surface area contributed by atoms with Crippen molar-refractivity contribution in [3.63, 3.8) is 0 Å². The van der Waals surface area contributed by atoms with E-state index >= 15 is 0 Å². The van der Waals surface area contributed by atoms with E-state index in [9.17, 15) is 9.90 Å². The first kappa shape index (κ1) is 20.8. The van der Waals surface area contributed by atoms with Crippen LogP contribution >= 0.6 is 0 Å². The monoisotopic (exact) mass is 342 g/mol. The molecule has 25 heavy (non-hydrogen) atoms. The SMILES string of the molecule is C=C/C(=C\C=C(/C)O)c1ccc(OC(=O)C2(C)CC2(C)C)cc1.CC. The zero-order chi connectivity index (χ0) is 19.3. The maximum Gasteiger partial charge on any atom is 0.317 e. The van der Waals surface area contributed by atoms with E-state index in [0.717, 1.165) is 17.6 Å². The zero-order valence-electron chi connectivity index (χ0n) is 16.2. The summed E-state index contributed by atoms with van der Waals surface area (Å²) in [6, 6.07) is 7.30. The molecule has 0 aromatic heterocycles. The number of aliphatic hydroxyl groups excluding tert-OH is 1. The second-order valence-electron chi connectivity index (χ2n) is 6.94. The number of ether oxygens (including phenoxy) is 1. The van der Waals surface area contributed by atoms with Crippen molar-refractivity contribution in [1.82, 2.24) is 0 Å². The van der Waals surface area contributed by atoms with Gasteiger partial charge in [-0.3, -0.25) is 4.79 Å². The Bertz CT molecular complexity index is 674. The van der Waals surface area contributed by atoms with Crippen LogP contribution in [0, 0.1) is 10.8 Å². The average molecular weight is 342 g/mol. The lowest BCUT2D eigenvalue weighted by atomic mass is 9.98. The fraction of sp³-hybridized carbons (Fsp3) is 0.409. The number of benzene rings is 1. The number of hydrogen-bond donors (Lipinski definition) is 1. The molecule has 0 spiro atoms. The van der Waals surface area contributed by atoms with Gasteiger partial charge in [0.05, 0.1) is 11.2 Å². The summed E-state index contributed by atoms with van der Waals surface area (Å²) in [5.74, 6) is 0.601. The summed E-state index contributed by atoms with van der Waals surface area (Å²) >= 11 is 0. The molecule has 1 aliphatic rings. The van der Waals surface area contributed by atoms with Gasteiger partial charge in [-0.15, -0.1) is 0 Å². The molecule has 136 valence electrons. The predicted molar refractivity (Wildman–Crippen MR) is 104 cm³/mol. The van der Waals surface area contributed by atoms with Gasteiger partial charge in [-0.2, -0.15) is 0 Å². The molecule has 0 heterocycles. The Morgan fingerprint density at radius 3 is 2.08 bits per heavy atom. The number of allylic oxidation sites excluding steroid dienone is 5. The zero-order valence-corrected chi connectivity index (χ0v) is 16.2. The number of carbonyl (C=O) groups excluding carboxylic acids is 1. The largest absolute Gasteiger partial charge is 0.513 e. The van der Waals surface area contributed by atoms with E-state index in [-0.39, 0.29) is 22.6 Å². The van der Waals surface area contributed by atoms with Crippen molar-refractivity contribution < 1.29 is 14.6 Å². The van der Waals surface area contributed by atoms with Crippen LogP contribution in [-0.4, -0.2) is 11.1 Å². The molecule has 1 N–H and O–H groups in total. The highest BCUT2D eigenvalue weighted by Gasteiger charge is 2.63. The van der Waals surface area contributed by atoms with Crippen molar-refractivity contribution >= 4 is 11.5 Å². The summed E-state index contributed by atoms with van der Waals surface area (Å²) in [4.78, 5) is 12.3. The highest BCUT2D eigenvalue weighted by Crippen LogP contribution is 2.63. The van der Waals surface area contributed by atoms with Crippen molar-refractivity contribution in [3.05, 3.63) is 60.4 Å². The molecule has 1 saturated carbocycles. The van der Waals surface area contributed by atoms with Gasteiger partial charge in [0, 0.05) is 0 Å². The number of esters is 1. The van der Waals surface area contributed by atoms with Crippen LogP contribution in [0.5, 0.6) is 5.75 Å². The highest BCUT2D eigenvalue weighted by atomic mass is 16.5. The lowest BCUT2D eigenvalue weighted by Crippen LogP contribution is -2.23. The molecule has 1 unspecified atom stereocenters.